The Bertz CT molecular complexity index is 978. The van der Waals surface area contributed by atoms with Crippen molar-refractivity contribution in [3.8, 4) is 0 Å². The molecule has 0 aromatic rings. The first-order chi connectivity index (χ1) is 30.6. The number of esters is 3. The van der Waals surface area contributed by atoms with Gasteiger partial charge in [0, 0.05) is 19.3 Å². The van der Waals surface area contributed by atoms with E-state index in [-0.39, 0.29) is 31.1 Å². The van der Waals surface area contributed by atoms with Crippen LogP contribution >= 0.6 is 0 Å². The van der Waals surface area contributed by atoms with Crippen molar-refractivity contribution in [3.63, 3.8) is 0 Å². The van der Waals surface area contributed by atoms with Gasteiger partial charge in [-0.3, -0.25) is 14.4 Å². The quantitative estimate of drug-likeness (QED) is 0.0344. The predicted octanol–water partition coefficient (Wildman–Crippen LogP) is 18.3. The van der Waals surface area contributed by atoms with Gasteiger partial charge in [0.2, 0.25) is 0 Å². The Kier molecular flexibility index (Phi) is 47.1. The van der Waals surface area contributed by atoms with E-state index in [9.17, 15) is 14.4 Å². The third kappa shape index (κ3) is 49.7. The summed E-state index contributed by atoms with van der Waals surface area (Å²) in [7, 11) is 0. The van der Waals surface area contributed by atoms with E-state index in [0.717, 1.165) is 75.5 Å². The maximum atomic E-state index is 12.8. The highest BCUT2D eigenvalue weighted by Gasteiger charge is 2.19. The summed E-state index contributed by atoms with van der Waals surface area (Å²) in [6.07, 6.45) is 49.4. The lowest BCUT2D eigenvalue weighted by atomic mass is 9.99. The van der Waals surface area contributed by atoms with E-state index >= 15 is 0 Å². The van der Waals surface area contributed by atoms with Crippen molar-refractivity contribution in [2.24, 2.45) is 17.8 Å². The summed E-state index contributed by atoms with van der Waals surface area (Å²) in [5, 5.41) is 0. The smallest absolute Gasteiger partial charge is 0.306 e. The van der Waals surface area contributed by atoms with Crippen LogP contribution in [0.25, 0.3) is 0 Å². The fourth-order valence-electron chi connectivity index (χ4n) is 8.61. The molecule has 0 amide bonds. The molecule has 0 saturated heterocycles. The van der Waals surface area contributed by atoms with Crippen molar-refractivity contribution in [2.75, 3.05) is 13.2 Å². The predicted molar refractivity (Wildman–Crippen MR) is 270 cm³/mol. The van der Waals surface area contributed by atoms with Gasteiger partial charge in [-0.15, -0.1) is 0 Å². The van der Waals surface area contributed by atoms with Gasteiger partial charge in [-0.05, 0) is 37.0 Å². The molecule has 0 saturated carbocycles. The van der Waals surface area contributed by atoms with Crippen LogP contribution < -0.4 is 0 Å². The van der Waals surface area contributed by atoms with E-state index in [2.05, 4.69) is 41.5 Å². The zero-order valence-electron chi connectivity index (χ0n) is 43.4. The lowest BCUT2D eigenvalue weighted by molar-refractivity contribution is -0.167. The second-order valence-electron chi connectivity index (χ2n) is 20.8. The number of carbonyl (C=O) groups excluding carboxylic acids is 3. The van der Waals surface area contributed by atoms with Crippen LogP contribution in [0.4, 0.5) is 0 Å². The highest BCUT2D eigenvalue weighted by atomic mass is 16.6. The minimum absolute atomic E-state index is 0.0641. The molecule has 0 aliphatic heterocycles. The van der Waals surface area contributed by atoms with Crippen LogP contribution in [0.3, 0.4) is 0 Å². The Morgan fingerprint density at radius 1 is 0.317 bits per heavy atom. The molecular formula is C57H110O6. The fraction of sp³-hybridized carbons (Fsp3) is 0.947. The van der Waals surface area contributed by atoms with Crippen molar-refractivity contribution in [3.05, 3.63) is 0 Å². The van der Waals surface area contributed by atoms with Gasteiger partial charge in [0.1, 0.15) is 13.2 Å². The van der Waals surface area contributed by atoms with Gasteiger partial charge in [0.05, 0.1) is 0 Å². The molecule has 0 aromatic carbocycles. The molecular weight excluding hydrogens is 781 g/mol. The second kappa shape index (κ2) is 48.3. The third-order valence-electron chi connectivity index (χ3n) is 13.3. The highest BCUT2D eigenvalue weighted by Crippen LogP contribution is 2.19. The van der Waals surface area contributed by atoms with E-state index in [0.29, 0.717) is 19.3 Å². The van der Waals surface area contributed by atoms with Crippen molar-refractivity contribution < 1.29 is 28.6 Å². The van der Waals surface area contributed by atoms with Crippen LogP contribution in [0, 0.1) is 17.8 Å². The van der Waals surface area contributed by atoms with Crippen LogP contribution in [-0.2, 0) is 28.6 Å². The minimum Gasteiger partial charge on any atom is -0.462 e. The van der Waals surface area contributed by atoms with Crippen molar-refractivity contribution in [2.45, 2.75) is 317 Å². The van der Waals surface area contributed by atoms with Crippen LogP contribution in [0.5, 0.6) is 0 Å². The first-order valence-corrected chi connectivity index (χ1v) is 28.1. The van der Waals surface area contributed by atoms with Gasteiger partial charge in [-0.1, -0.05) is 273 Å². The molecule has 0 radical (unpaired) electrons. The summed E-state index contributed by atoms with van der Waals surface area (Å²) in [6.45, 7) is 13.8. The Labute approximate surface area is 393 Å². The summed E-state index contributed by atoms with van der Waals surface area (Å²) in [6, 6.07) is 0. The number of carbonyl (C=O) groups is 3. The van der Waals surface area contributed by atoms with Gasteiger partial charge in [0.15, 0.2) is 6.10 Å². The molecule has 0 aliphatic carbocycles. The Morgan fingerprint density at radius 2 is 0.556 bits per heavy atom. The average molecular weight is 892 g/mol. The molecule has 0 aliphatic rings. The van der Waals surface area contributed by atoms with E-state index in [4.69, 9.17) is 14.2 Å². The first kappa shape index (κ1) is 61.4. The Morgan fingerprint density at radius 3 is 0.825 bits per heavy atom. The number of hydrogen-bond acceptors (Lipinski definition) is 6. The number of ether oxygens (including phenoxy) is 3. The molecule has 0 spiro atoms. The van der Waals surface area contributed by atoms with E-state index in [1.165, 1.54) is 193 Å². The van der Waals surface area contributed by atoms with E-state index in [1.54, 1.807) is 0 Å². The van der Waals surface area contributed by atoms with Crippen LogP contribution in [-0.4, -0.2) is 37.2 Å². The zero-order chi connectivity index (χ0) is 46.3. The number of rotatable bonds is 50. The summed E-state index contributed by atoms with van der Waals surface area (Å²) >= 11 is 0. The van der Waals surface area contributed by atoms with Gasteiger partial charge in [-0.2, -0.15) is 0 Å². The van der Waals surface area contributed by atoms with Crippen molar-refractivity contribution in [1.82, 2.24) is 0 Å². The summed E-state index contributed by atoms with van der Waals surface area (Å²) < 4.78 is 16.9. The maximum absolute atomic E-state index is 12.8. The molecule has 0 aromatic heterocycles. The third-order valence-corrected chi connectivity index (χ3v) is 13.3. The van der Waals surface area contributed by atoms with Gasteiger partial charge >= 0.3 is 17.9 Å². The molecule has 63 heavy (non-hydrogen) atoms. The molecule has 2 atom stereocenters. The molecule has 0 N–H and O–H groups in total. The van der Waals surface area contributed by atoms with Crippen LogP contribution in [0.2, 0.25) is 0 Å². The SMILES string of the molecule is CCC(C)CCCCCCCCCCCCCCCCC(=O)OC[C@@H](COC(=O)CCCCCCCCCCCCCCC(C)C)OC(=O)CCCCCCCCCCCC(C)C. The molecule has 6 nitrogen and oxygen atoms in total. The van der Waals surface area contributed by atoms with Crippen LogP contribution in [0.15, 0.2) is 0 Å². The normalized spacial score (nSPS) is 12.6. The largest absolute Gasteiger partial charge is 0.462 e. The Balaban J connectivity index is 4.28. The second-order valence-corrected chi connectivity index (χ2v) is 20.8. The molecule has 1 unspecified atom stereocenters. The first-order valence-electron chi connectivity index (χ1n) is 28.1. The lowest BCUT2D eigenvalue weighted by Crippen LogP contribution is -2.30. The van der Waals surface area contributed by atoms with Crippen molar-refractivity contribution in [1.29, 1.82) is 0 Å². The molecule has 0 fully saturated rings. The Hall–Kier alpha value is -1.59. The monoisotopic (exact) mass is 891 g/mol. The fourth-order valence-corrected chi connectivity index (χ4v) is 8.61. The highest BCUT2D eigenvalue weighted by molar-refractivity contribution is 5.71. The summed E-state index contributed by atoms with van der Waals surface area (Å²) in [5.74, 6) is 1.69. The minimum atomic E-state index is -0.763. The molecule has 0 bridgehead atoms. The number of hydrogen-bond donors (Lipinski definition) is 0. The average Bonchev–Trinajstić information content (AvgIpc) is 3.25. The van der Waals surface area contributed by atoms with Gasteiger partial charge < -0.3 is 14.2 Å². The van der Waals surface area contributed by atoms with E-state index < -0.39 is 6.10 Å². The molecule has 374 valence electrons. The summed E-state index contributed by atoms with van der Waals surface area (Å²) in [5.41, 5.74) is 0. The maximum Gasteiger partial charge on any atom is 0.306 e. The van der Waals surface area contributed by atoms with Gasteiger partial charge in [-0.25, -0.2) is 0 Å². The number of unbranched alkanes of at least 4 members (excludes halogenated alkanes) is 32. The van der Waals surface area contributed by atoms with E-state index in [1.807, 2.05) is 0 Å². The zero-order valence-corrected chi connectivity index (χ0v) is 43.4. The summed E-state index contributed by atoms with van der Waals surface area (Å²) in [4.78, 5) is 38.1. The molecule has 6 heteroatoms. The molecule has 0 rings (SSSR count). The topological polar surface area (TPSA) is 78.9 Å². The van der Waals surface area contributed by atoms with Crippen LogP contribution in [0.1, 0.15) is 311 Å². The molecule has 0 heterocycles. The van der Waals surface area contributed by atoms with Gasteiger partial charge in [0.25, 0.3) is 0 Å². The lowest BCUT2D eigenvalue weighted by Gasteiger charge is -2.18. The standard InChI is InChI=1S/C57H110O6/c1-7-53(6)45-39-33-27-21-15-10-8-9-11-16-22-28-34-40-46-55(58)61-49-54(63-57(60)48-42-36-30-24-18-20-26-32-38-44-52(4)5)50-62-56(59)47-41-35-29-23-17-13-12-14-19-25-31-37-43-51(2)3/h51-54H,7-50H2,1-6H3/t53?,54-/m0/s1. The van der Waals surface area contributed by atoms with Crippen molar-refractivity contribution >= 4 is 17.9 Å².